The summed E-state index contributed by atoms with van der Waals surface area (Å²) in [4.78, 5) is 14.1. The molecule has 0 saturated carbocycles. The highest BCUT2D eigenvalue weighted by Gasteiger charge is 2.28. The number of carbonyl (C=O) groups excluding carboxylic acids is 1. The van der Waals surface area contributed by atoms with Gasteiger partial charge in [-0.15, -0.1) is 0 Å². The van der Waals surface area contributed by atoms with Gasteiger partial charge in [0, 0.05) is 18.7 Å². The lowest BCUT2D eigenvalue weighted by Crippen LogP contribution is -2.40. The van der Waals surface area contributed by atoms with Crippen molar-refractivity contribution in [2.24, 2.45) is 5.92 Å². The smallest absolute Gasteiger partial charge is 0.249 e. The van der Waals surface area contributed by atoms with Gasteiger partial charge >= 0.3 is 0 Å². The van der Waals surface area contributed by atoms with Gasteiger partial charge in [-0.05, 0) is 49.8 Å². The molecule has 1 saturated heterocycles. The number of aliphatic hydroxyl groups excluding tert-OH is 1. The van der Waals surface area contributed by atoms with Gasteiger partial charge in [0.1, 0.15) is 5.82 Å². The number of hydrogen-bond acceptors (Lipinski definition) is 2. The van der Waals surface area contributed by atoms with Crippen LogP contribution in [0.1, 0.15) is 44.8 Å². The Bertz CT molecular complexity index is 531. The van der Waals surface area contributed by atoms with Gasteiger partial charge in [-0.1, -0.05) is 25.1 Å². The molecule has 2 rings (SSSR count). The molecule has 1 N–H and O–H groups in total. The lowest BCUT2D eigenvalue weighted by Gasteiger charge is -2.34. The van der Waals surface area contributed by atoms with Crippen molar-refractivity contribution in [1.29, 1.82) is 0 Å². The Morgan fingerprint density at radius 3 is 2.50 bits per heavy atom. The van der Waals surface area contributed by atoms with E-state index in [1.807, 2.05) is 24.8 Å². The Labute approximate surface area is 131 Å². The van der Waals surface area contributed by atoms with Crippen molar-refractivity contribution in [3.63, 3.8) is 0 Å². The minimum Gasteiger partial charge on any atom is -0.388 e. The van der Waals surface area contributed by atoms with E-state index >= 15 is 0 Å². The lowest BCUT2D eigenvalue weighted by atomic mass is 9.87. The second-order valence-electron chi connectivity index (χ2n) is 5.92. The summed E-state index contributed by atoms with van der Waals surface area (Å²) in [6.45, 7) is 5.20. The second-order valence-corrected chi connectivity index (χ2v) is 5.92. The number of halogens is 1. The third kappa shape index (κ3) is 3.95. The number of aliphatic hydroxyl groups is 1. The zero-order chi connectivity index (χ0) is 16.1. The van der Waals surface area contributed by atoms with Crippen LogP contribution in [0.3, 0.4) is 0 Å². The number of benzene rings is 1. The summed E-state index contributed by atoms with van der Waals surface area (Å²) in [5, 5.41) is 10.4. The van der Waals surface area contributed by atoms with E-state index in [1.165, 1.54) is 12.1 Å². The third-order valence-electron chi connectivity index (χ3n) is 4.33. The molecule has 4 heteroatoms. The maximum atomic E-state index is 12.9. The fourth-order valence-corrected chi connectivity index (χ4v) is 2.99. The molecule has 1 heterocycles. The Morgan fingerprint density at radius 1 is 1.36 bits per heavy atom. The number of nitrogens with zero attached hydrogens (tertiary/aromatic N) is 1. The Balaban J connectivity index is 1.93. The fraction of sp³-hybridized carbons (Fsp3) is 0.500. The van der Waals surface area contributed by atoms with Crippen LogP contribution in [0.5, 0.6) is 0 Å². The molecule has 1 aromatic carbocycles. The predicted octanol–water partition coefficient (Wildman–Crippen LogP) is 3.45. The summed E-state index contributed by atoms with van der Waals surface area (Å²) in [5.41, 5.74) is 1.54. The highest BCUT2D eigenvalue weighted by Crippen LogP contribution is 2.31. The summed E-state index contributed by atoms with van der Waals surface area (Å²) in [6.07, 6.45) is 3.75. The first-order valence-electron chi connectivity index (χ1n) is 7.92. The van der Waals surface area contributed by atoms with Crippen LogP contribution in [0.25, 0.3) is 0 Å². The largest absolute Gasteiger partial charge is 0.388 e. The quantitative estimate of drug-likeness (QED) is 0.866. The van der Waals surface area contributed by atoms with Gasteiger partial charge in [-0.3, -0.25) is 4.79 Å². The molecule has 1 aliphatic rings. The molecule has 3 nitrogen and oxygen atoms in total. The maximum Gasteiger partial charge on any atom is 0.249 e. The molecule has 0 aliphatic carbocycles. The van der Waals surface area contributed by atoms with E-state index < -0.39 is 6.10 Å². The zero-order valence-corrected chi connectivity index (χ0v) is 13.3. The van der Waals surface area contributed by atoms with Crippen molar-refractivity contribution in [3.05, 3.63) is 47.3 Å². The third-order valence-corrected chi connectivity index (χ3v) is 4.33. The first-order chi connectivity index (χ1) is 10.5. The van der Waals surface area contributed by atoms with Crippen molar-refractivity contribution in [2.45, 2.75) is 39.2 Å². The van der Waals surface area contributed by atoms with Crippen LogP contribution in [0, 0.1) is 11.7 Å². The number of allylic oxidation sites excluding steroid dienone is 1. The highest BCUT2D eigenvalue weighted by atomic mass is 19.1. The van der Waals surface area contributed by atoms with E-state index in [1.54, 1.807) is 12.1 Å². The van der Waals surface area contributed by atoms with E-state index in [4.69, 9.17) is 0 Å². The van der Waals surface area contributed by atoms with Gasteiger partial charge < -0.3 is 10.0 Å². The number of hydrogen-bond donors (Lipinski definition) is 1. The molecule has 1 fully saturated rings. The highest BCUT2D eigenvalue weighted by molar-refractivity contribution is 5.92. The summed E-state index contributed by atoms with van der Waals surface area (Å²) in [7, 11) is 0. The Kier molecular flexibility index (Phi) is 5.72. The first-order valence-corrected chi connectivity index (χ1v) is 7.92. The molecule has 0 spiro atoms. The minimum atomic E-state index is -0.592. The number of rotatable bonds is 4. The molecule has 1 atom stereocenters. The monoisotopic (exact) mass is 305 g/mol. The van der Waals surface area contributed by atoms with Crippen molar-refractivity contribution < 1.29 is 14.3 Å². The van der Waals surface area contributed by atoms with Crippen molar-refractivity contribution in [2.75, 3.05) is 13.1 Å². The molecule has 0 aromatic heterocycles. The Hall–Kier alpha value is -1.68. The van der Waals surface area contributed by atoms with Crippen molar-refractivity contribution in [1.82, 2.24) is 4.90 Å². The SMILES string of the molecule is CCC=C(C)C(=O)N1CCC(C(O)c2ccc(F)cc2)CC1. The number of likely N-dealkylation sites (tertiary alicyclic amines) is 1. The van der Waals surface area contributed by atoms with E-state index in [0.29, 0.717) is 13.1 Å². The lowest BCUT2D eigenvalue weighted by molar-refractivity contribution is -0.129. The van der Waals surface area contributed by atoms with Crippen LogP contribution >= 0.6 is 0 Å². The molecule has 0 radical (unpaired) electrons. The van der Waals surface area contributed by atoms with E-state index in [9.17, 15) is 14.3 Å². The molecule has 22 heavy (non-hydrogen) atoms. The number of carbonyl (C=O) groups is 1. The molecule has 1 aliphatic heterocycles. The average Bonchev–Trinajstić information content (AvgIpc) is 2.54. The van der Waals surface area contributed by atoms with Gasteiger partial charge in [-0.2, -0.15) is 0 Å². The molecule has 0 bridgehead atoms. The molecule has 1 amide bonds. The van der Waals surface area contributed by atoms with Gasteiger partial charge in [0.05, 0.1) is 6.10 Å². The standard InChI is InChI=1S/C18H24FNO2/c1-3-4-13(2)18(22)20-11-9-15(10-12-20)17(21)14-5-7-16(19)8-6-14/h4-8,15,17,21H,3,9-12H2,1-2H3. The van der Waals surface area contributed by atoms with Crippen LogP contribution < -0.4 is 0 Å². The molecule has 120 valence electrons. The van der Waals surface area contributed by atoms with Gasteiger partial charge in [0.25, 0.3) is 0 Å². The number of piperidine rings is 1. The van der Waals surface area contributed by atoms with Gasteiger partial charge in [0.15, 0.2) is 0 Å². The fourth-order valence-electron chi connectivity index (χ4n) is 2.99. The summed E-state index contributed by atoms with van der Waals surface area (Å²) < 4.78 is 12.9. The van der Waals surface area contributed by atoms with Crippen molar-refractivity contribution >= 4 is 5.91 Å². The summed E-state index contributed by atoms with van der Waals surface area (Å²) in [6, 6.07) is 6.00. The van der Waals surface area contributed by atoms with Crippen LogP contribution in [0.15, 0.2) is 35.9 Å². The molecule has 1 unspecified atom stereocenters. The normalized spacial score (nSPS) is 18.4. The van der Waals surface area contributed by atoms with Gasteiger partial charge in [0.2, 0.25) is 5.91 Å². The van der Waals surface area contributed by atoms with Crippen LogP contribution in [0.4, 0.5) is 4.39 Å². The summed E-state index contributed by atoms with van der Waals surface area (Å²) >= 11 is 0. The Morgan fingerprint density at radius 2 is 1.95 bits per heavy atom. The van der Waals surface area contributed by atoms with Gasteiger partial charge in [-0.25, -0.2) is 4.39 Å². The average molecular weight is 305 g/mol. The number of amides is 1. The molecular formula is C18H24FNO2. The van der Waals surface area contributed by atoms with Crippen LogP contribution in [0.2, 0.25) is 0 Å². The van der Waals surface area contributed by atoms with Crippen LogP contribution in [-0.4, -0.2) is 29.0 Å². The topological polar surface area (TPSA) is 40.5 Å². The zero-order valence-electron chi connectivity index (χ0n) is 13.3. The first kappa shape index (κ1) is 16.7. The molecule has 1 aromatic rings. The minimum absolute atomic E-state index is 0.0940. The van der Waals surface area contributed by atoms with E-state index in [2.05, 4.69) is 0 Å². The molecular weight excluding hydrogens is 281 g/mol. The second kappa shape index (κ2) is 7.54. The maximum absolute atomic E-state index is 12.9. The van der Waals surface area contributed by atoms with E-state index in [-0.39, 0.29) is 17.6 Å². The summed E-state index contributed by atoms with van der Waals surface area (Å²) in [5.74, 6) is -0.0869. The van der Waals surface area contributed by atoms with Crippen LogP contribution in [-0.2, 0) is 4.79 Å². The van der Waals surface area contributed by atoms with E-state index in [0.717, 1.165) is 30.4 Å². The predicted molar refractivity (Wildman–Crippen MR) is 84.7 cm³/mol. The van der Waals surface area contributed by atoms with Crippen molar-refractivity contribution in [3.8, 4) is 0 Å².